The normalized spacial score (nSPS) is 8.86. The first kappa shape index (κ1) is 10.4. The van der Waals surface area contributed by atoms with Gasteiger partial charge in [-0.3, -0.25) is 0 Å². The Morgan fingerprint density at radius 2 is 2.29 bits per heavy atom. The smallest absolute Gasteiger partial charge is 0.101 e. The monoisotopic (exact) mass is 204 g/mol. The summed E-state index contributed by atoms with van der Waals surface area (Å²) in [5, 5.41) is 9.43. The van der Waals surface area contributed by atoms with E-state index >= 15 is 0 Å². The second-order valence-electron chi connectivity index (χ2n) is 2.83. The maximum absolute atomic E-state index is 8.87. The van der Waals surface area contributed by atoms with Gasteiger partial charge in [0.15, 0.2) is 0 Å². The van der Waals surface area contributed by atoms with Crippen LogP contribution in [0.15, 0.2) is 18.2 Å². The summed E-state index contributed by atoms with van der Waals surface area (Å²) in [6, 6.07) is 7.24. The van der Waals surface area contributed by atoms with Gasteiger partial charge in [-0.1, -0.05) is 17.5 Å². The molecule has 0 saturated heterocycles. The zero-order valence-corrected chi connectivity index (χ0v) is 8.54. The molecule has 0 fully saturated rings. The zero-order chi connectivity index (χ0) is 10.6. The third-order valence-corrected chi connectivity index (χ3v) is 2.05. The Bertz CT molecular complexity index is 412. The van der Waals surface area contributed by atoms with Gasteiger partial charge >= 0.3 is 0 Å². The summed E-state index contributed by atoms with van der Waals surface area (Å²) in [6.07, 6.45) is 5.19. The molecule has 0 spiro atoms. The molecule has 0 aliphatic carbocycles. The fourth-order valence-electron chi connectivity index (χ4n) is 1.15. The molecule has 0 aliphatic rings. The number of hydrogen-bond acceptors (Lipinski definition) is 2. The van der Waals surface area contributed by atoms with Gasteiger partial charge in [-0.25, -0.2) is 0 Å². The van der Waals surface area contributed by atoms with Crippen molar-refractivity contribution in [2.75, 3.05) is 18.5 Å². The van der Waals surface area contributed by atoms with Gasteiger partial charge in [0.25, 0.3) is 0 Å². The summed E-state index contributed by atoms with van der Waals surface area (Å²) in [7, 11) is 1.84. The zero-order valence-electron chi connectivity index (χ0n) is 7.79. The molecule has 0 radical (unpaired) electrons. The van der Waals surface area contributed by atoms with E-state index in [-0.39, 0.29) is 0 Å². The van der Waals surface area contributed by atoms with Crippen molar-refractivity contribution in [2.45, 2.75) is 0 Å². The molecule has 0 aliphatic heterocycles. The van der Waals surface area contributed by atoms with Gasteiger partial charge < -0.3 is 4.90 Å². The second kappa shape index (κ2) is 4.56. The van der Waals surface area contributed by atoms with Crippen LogP contribution in [0.25, 0.3) is 0 Å². The minimum atomic E-state index is 0.469. The topological polar surface area (TPSA) is 27.0 Å². The van der Waals surface area contributed by atoms with Gasteiger partial charge in [0.2, 0.25) is 0 Å². The second-order valence-corrected chi connectivity index (χ2v) is 3.27. The number of anilines is 1. The van der Waals surface area contributed by atoms with Crippen LogP contribution in [0.3, 0.4) is 0 Å². The van der Waals surface area contributed by atoms with Crippen molar-refractivity contribution in [3.63, 3.8) is 0 Å². The maximum Gasteiger partial charge on any atom is 0.101 e. The van der Waals surface area contributed by atoms with E-state index in [4.69, 9.17) is 23.3 Å². The van der Waals surface area contributed by atoms with Crippen molar-refractivity contribution in [1.29, 1.82) is 5.26 Å². The van der Waals surface area contributed by atoms with Gasteiger partial charge in [-0.05, 0) is 18.2 Å². The minimum absolute atomic E-state index is 0.469. The summed E-state index contributed by atoms with van der Waals surface area (Å²) in [5.41, 5.74) is 1.34. The number of nitrogens with zero attached hydrogens (tertiary/aromatic N) is 2. The first-order valence-corrected chi connectivity index (χ1v) is 4.41. The van der Waals surface area contributed by atoms with E-state index in [2.05, 4.69) is 12.0 Å². The number of benzene rings is 1. The number of hydrogen-bond donors (Lipinski definition) is 0. The Hall–Kier alpha value is -1.64. The van der Waals surface area contributed by atoms with Gasteiger partial charge in [-0.15, -0.1) is 6.42 Å². The lowest BCUT2D eigenvalue weighted by Crippen LogP contribution is -2.18. The average molecular weight is 205 g/mol. The van der Waals surface area contributed by atoms with E-state index in [1.54, 1.807) is 18.2 Å². The van der Waals surface area contributed by atoms with Gasteiger partial charge in [-0.2, -0.15) is 5.26 Å². The molecule has 1 aromatic rings. The van der Waals surface area contributed by atoms with Crippen molar-refractivity contribution in [3.05, 3.63) is 28.8 Å². The third-order valence-electron chi connectivity index (χ3n) is 1.82. The highest BCUT2D eigenvalue weighted by Crippen LogP contribution is 2.22. The van der Waals surface area contributed by atoms with Crippen molar-refractivity contribution >= 4 is 17.3 Å². The van der Waals surface area contributed by atoms with Crippen LogP contribution < -0.4 is 4.90 Å². The molecule has 0 N–H and O–H groups in total. The fraction of sp³-hybridized carbons (Fsp3) is 0.182. The highest BCUT2D eigenvalue weighted by Gasteiger charge is 2.06. The van der Waals surface area contributed by atoms with Crippen LogP contribution in [-0.4, -0.2) is 13.6 Å². The average Bonchev–Trinajstić information content (AvgIpc) is 2.17. The number of halogens is 1. The molecule has 3 heteroatoms. The molecule has 0 heterocycles. The van der Waals surface area contributed by atoms with Crippen LogP contribution in [-0.2, 0) is 0 Å². The van der Waals surface area contributed by atoms with Crippen molar-refractivity contribution in [1.82, 2.24) is 0 Å². The lowest BCUT2D eigenvalue weighted by Gasteiger charge is -2.17. The van der Waals surface area contributed by atoms with Gasteiger partial charge in [0, 0.05) is 12.1 Å². The van der Waals surface area contributed by atoms with Crippen LogP contribution in [0.5, 0.6) is 0 Å². The molecule has 0 unspecified atom stereocenters. The molecule has 1 rings (SSSR count). The molecule has 0 aromatic heterocycles. The predicted octanol–water partition coefficient (Wildman–Crippen LogP) is 2.28. The summed E-state index contributed by atoms with van der Waals surface area (Å²) in [4.78, 5) is 1.83. The van der Waals surface area contributed by atoms with Crippen LogP contribution in [0.2, 0.25) is 5.02 Å². The van der Waals surface area contributed by atoms with E-state index < -0.39 is 0 Å². The molecule has 1 aromatic carbocycles. The minimum Gasteiger partial charge on any atom is -0.362 e. The van der Waals surface area contributed by atoms with E-state index in [1.165, 1.54) is 0 Å². The molecule has 0 saturated carbocycles. The summed E-state index contributed by atoms with van der Waals surface area (Å²) in [6.45, 7) is 0.469. The number of terminal acetylenes is 1. The van der Waals surface area contributed by atoms with E-state index in [9.17, 15) is 0 Å². The van der Waals surface area contributed by atoms with Gasteiger partial charge in [0.05, 0.1) is 17.8 Å². The van der Waals surface area contributed by atoms with Crippen molar-refractivity contribution in [2.24, 2.45) is 0 Å². The third kappa shape index (κ3) is 2.19. The lowest BCUT2D eigenvalue weighted by atomic mass is 10.2. The summed E-state index contributed by atoms with van der Waals surface area (Å²) >= 11 is 5.77. The van der Waals surface area contributed by atoms with Crippen LogP contribution in [0.1, 0.15) is 5.56 Å². The molecule has 0 amide bonds. The van der Waals surface area contributed by atoms with E-state index in [0.717, 1.165) is 5.69 Å². The SMILES string of the molecule is C#CCN(C)c1ccc(Cl)cc1C#N. The van der Waals surface area contributed by atoms with E-state index in [0.29, 0.717) is 17.1 Å². The molecular weight excluding hydrogens is 196 g/mol. The van der Waals surface area contributed by atoms with E-state index in [1.807, 2.05) is 11.9 Å². The molecule has 2 nitrogen and oxygen atoms in total. The molecular formula is C11H9ClN2. The van der Waals surface area contributed by atoms with Gasteiger partial charge in [0.1, 0.15) is 6.07 Å². The highest BCUT2D eigenvalue weighted by molar-refractivity contribution is 6.30. The Morgan fingerprint density at radius 1 is 1.57 bits per heavy atom. The Balaban J connectivity index is 3.10. The molecule has 0 bridgehead atoms. The molecule has 14 heavy (non-hydrogen) atoms. The van der Waals surface area contributed by atoms with Crippen molar-refractivity contribution < 1.29 is 0 Å². The largest absolute Gasteiger partial charge is 0.362 e. The Morgan fingerprint density at radius 3 is 2.86 bits per heavy atom. The predicted molar refractivity (Wildman–Crippen MR) is 58.3 cm³/mol. The Kier molecular flexibility index (Phi) is 3.40. The lowest BCUT2D eigenvalue weighted by molar-refractivity contribution is 1.05. The number of rotatable bonds is 2. The maximum atomic E-state index is 8.87. The first-order valence-electron chi connectivity index (χ1n) is 4.03. The summed E-state index contributed by atoms with van der Waals surface area (Å²) in [5.74, 6) is 2.52. The molecule has 0 atom stereocenters. The standard InChI is InChI=1S/C11H9ClN2/c1-3-6-14(2)11-5-4-10(12)7-9(11)8-13/h1,4-5,7H,6H2,2H3. The molecule has 70 valence electrons. The van der Waals surface area contributed by atoms with Crippen LogP contribution in [0.4, 0.5) is 5.69 Å². The first-order chi connectivity index (χ1) is 6.69. The number of nitriles is 1. The fourth-order valence-corrected chi connectivity index (χ4v) is 1.32. The van der Waals surface area contributed by atoms with Crippen LogP contribution >= 0.6 is 11.6 Å². The van der Waals surface area contributed by atoms with Crippen LogP contribution in [0, 0.1) is 23.7 Å². The van der Waals surface area contributed by atoms with Crippen molar-refractivity contribution in [3.8, 4) is 18.4 Å². The highest BCUT2D eigenvalue weighted by atomic mass is 35.5. The summed E-state index contributed by atoms with van der Waals surface area (Å²) < 4.78 is 0. The Labute approximate surface area is 88.7 Å². The quantitative estimate of drug-likeness (QED) is 0.692.